The minimum Gasteiger partial charge on any atom is -0.448 e. The first-order valence-corrected chi connectivity index (χ1v) is 13.6. The number of fused-ring (bicyclic) bond motifs is 5. The van der Waals surface area contributed by atoms with Crippen LogP contribution in [0.25, 0.3) is 27.5 Å². The largest absolute Gasteiger partial charge is 0.448 e. The van der Waals surface area contributed by atoms with Crippen LogP contribution in [0.1, 0.15) is 53.0 Å². The van der Waals surface area contributed by atoms with Gasteiger partial charge in [0.25, 0.3) is 0 Å². The maximum absolute atomic E-state index is 13.5. The van der Waals surface area contributed by atoms with Crippen LogP contribution >= 0.6 is 0 Å². The highest BCUT2D eigenvalue weighted by molar-refractivity contribution is 5.99. The lowest BCUT2D eigenvalue weighted by Gasteiger charge is -2.34. The summed E-state index contributed by atoms with van der Waals surface area (Å²) in [7, 11) is 0. The fourth-order valence-corrected chi connectivity index (χ4v) is 7.51. The van der Waals surface area contributed by atoms with Crippen molar-refractivity contribution in [3.05, 3.63) is 113 Å². The molecular formula is C34H29NO2. The van der Waals surface area contributed by atoms with Gasteiger partial charge in [-0.3, -0.25) is 4.90 Å². The molecule has 2 heterocycles. The fraction of sp³-hybridized carbons (Fsp3) is 0.265. The summed E-state index contributed by atoms with van der Waals surface area (Å²) < 4.78 is 6.07. The second kappa shape index (κ2) is 8.08. The van der Waals surface area contributed by atoms with E-state index in [1.54, 1.807) is 0 Å². The summed E-state index contributed by atoms with van der Waals surface area (Å²) in [6.45, 7) is 0.383. The SMILES string of the molecule is O=C(OCC1c2ccccc2-c2ccccc21)N1C2C=C(c3ccc4c5c(cccc35)CC4)CC1CC2. The van der Waals surface area contributed by atoms with E-state index in [4.69, 9.17) is 4.74 Å². The van der Waals surface area contributed by atoms with Crippen molar-refractivity contribution in [3.63, 3.8) is 0 Å². The molecule has 0 saturated carbocycles. The number of hydrogen-bond acceptors (Lipinski definition) is 2. The third-order valence-electron chi connectivity index (χ3n) is 9.17. The molecule has 1 saturated heterocycles. The first-order valence-electron chi connectivity index (χ1n) is 13.6. The van der Waals surface area contributed by atoms with Crippen molar-refractivity contribution in [2.24, 2.45) is 0 Å². The Kier molecular flexibility index (Phi) is 4.64. The molecule has 0 spiro atoms. The Bertz CT molecular complexity index is 1560. The smallest absolute Gasteiger partial charge is 0.410 e. The Hall–Kier alpha value is -3.85. The van der Waals surface area contributed by atoms with Crippen molar-refractivity contribution >= 4 is 22.4 Å². The highest BCUT2D eigenvalue weighted by Crippen LogP contribution is 2.46. The molecule has 1 amide bonds. The molecule has 3 nitrogen and oxygen atoms in total. The summed E-state index contributed by atoms with van der Waals surface area (Å²) in [5.74, 6) is 0.0958. The van der Waals surface area contributed by atoms with Gasteiger partial charge in [0.15, 0.2) is 0 Å². The average molecular weight is 484 g/mol. The van der Waals surface area contributed by atoms with Crippen LogP contribution in [0, 0.1) is 0 Å². The topological polar surface area (TPSA) is 29.5 Å². The Morgan fingerprint density at radius 3 is 2.27 bits per heavy atom. The molecule has 8 rings (SSSR count). The molecule has 0 radical (unpaired) electrons. The van der Waals surface area contributed by atoms with Gasteiger partial charge in [-0.25, -0.2) is 4.79 Å². The molecule has 4 aromatic carbocycles. The zero-order chi connectivity index (χ0) is 24.5. The predicted molar refractivity (Wildman–Crippen MR) is 148 cm³/mol. The van der Waals surface area contributed by atoms with Crippen LogP contribution in [-0.2, 0) is 17.6 Å². The number of ether oxygens (including phenoxy) is 1. The Balaban J connectivity index is 1.05. The van der Waals surface area contributed by atoms with Crippen molar-refractivity contribution in [2.45, 2.75) is 50.1 Å². The number of carbonyl (C=O) groups excluding carboxylic acids is 1. The minimum atomic E-state index is -0.162. The quantitative estimate of drug-likeness (QED) is 0.302. The first-order chi connectivity index (χ1) is 18.3. The van der Waals surface area contributed by atoms with Crippen LogP contribution in [-0.4, -0.2) is 29.7 Å². The standard InChI is InChI=1S/C34H29NO2/c36-34(37-20-32-29-9-3-1-7-27(29)28-8-2-4-10-30(28)32)35-24-15-16-25(35)19-23(18-24)26-17-14-22-13-12-21-6-5-11-31(26)33(21)22/h1-11,14,17-18,24-25,32H,12-13,15-16,19-20H2. The molecule has 182 valence electrons. The van der Waals surface area contributed by atoms with Gasteiger partial charge in [0.05, 0.1) is 6.04 Å². The lowest BCUT2D eigenvalue weighted by molar-refractivity contribution is 0.0867. The van der Waals surface area contributed by atoms with Gasteiger partial charge in [-0.15, -0.1) is 0 Å². The molecule has 2 atom stereocenters. The Morgan fingerprint density at radius 1 is 0.784 bits per heavy atom. The second-order valence-electron chi connectivity index (χ2n) is 11.0. The summed E-state index contributed by atoms with van der Waals surface area (Å²) in [4.78, 5) is 15.5. The highest BCUT2D eigenvalue weighted by Gasteiger charge is 2.41. The zero-order valence-electron chi connectivity index (χ0n) is 20.8. The maximum Gasteiger partial charge on any atom is 0.410 e. The van der Waals surface area contributed by atoms with E-state index in [0.29, 0.717) is 6.61 Å². The zero-order valence-corrected chi connectivity index (χ0v) is 20.8. The van der Waals surface area contributed by atoms with Gasteiger partial charge in [-0.2, -0.15) is 0 Å². The third-order valence-corrected chi connectivity index (χ3v) is 9.17. The lowest BCUT2D eigenvalue weighted by atomic mass is 9.90. The van der Waals surface area contributed by atoms with E-state index < -0.39 is 0 Å². The van der Waals surface area contributed by atoms with Gasteiger partial charge in [-0.05, 0) is 87.4 Å². The molecule has 1 fully saturated rings. The molecule has 2 unspecified atom stereocenters. The van der Waals surface area contributed by atoms with Crippen molar-refractivity contribution < 1.29 is 9.53 Å². The summed E-state index contributed by atoms with van der Waals surface area (Å²) >= 11 is 0. The summed E-state index contributed by atoms with van der Waals surface area (Å²) in [5.41, 5.74) is 10.7. The number of carbonyl (C=O) groups is 1. The summed E-state index contributed by atoms with van der Waals surface area (Å²) in [6, 6.07) is 28.8. The van der Waals surface area contributed by atoms with Gasteiger partial charge >= 0.3 is 6.09 Å². The summed E-state index contributed by atoms with van der Waals surface area (Å²) in [5, 5.41) is 2.85. The van der Waals surface area contributed by atoms with Gasteiger partial charge < -0.3 is 4.74 Å². The lowest BCUT2D eigenvalue weighted by Crippen LogP contribution is -2.43. The van der Waals surface area contributed by atoms with E-state index in [-0.39, 0.29) is 24.1 Å². The fourth-order valence-electron chi connectivity index (χ4n) is 7.51. The maximum atomic E-state index is 13.5. The van der Waals surface area contributed by atoms with Gasteiger partial charge in [0.2, 0.25) is 0 Å². The highest BCUT2D eigenvalue weighted by atomic mass is 16.6. The number of rotatable bonds is 3. The van der Waals surface area contributed by atoms with Crippen molar-refractivity contribution in [2.75, 3.05) is 6.61 Å². The molecule has 0 aromatic heterocycles. The number of nitrogens with zero attached hydrogens (tertiary/aromatic N) is 1. The van der Waals surface area contributed by atoms with Crippen LogP contribution < -0.4 is 0 Å². The van der Waals surface area contributed by atoms with Gasteiger partial charge in [0, 0.05) is 12.0 Å². The molecule has 4 aromatic rings. The number of hydrogen-bond donors (Lipinski definition) is 0. The van der Waals surface area contributed by atoms with Crippen LogP contribution in [0.5, 0.6) is 0 Å². The van der Waals surface area contributed by atoms with Crippen molar-refractivity contribution in [1.82, 2.24) is 4.90 Å². The van der Waals surface area contributed by atoms with Crippen molar-refractivity contribution in [1.29, 1.82) is 0 Å². The molecule has 2 bridgehead atoms. The number of benzene rings is 4. The molecule has 37 heavy (non-hydrogen) atoms. The third kappa shape index (κ3) is 3.16. The van der Waals surface area contributed by atoms with E-state index >= 15 is 0 Å². The van der Waals surface area contributed by atoms with E-state index in [9.17, 15) is 4.79 Å². The van der Waals surface area contributed by atoms with E-state index in [0.717, 1.165) is 32.1 Å². The van der Waals surface area contributed by atoms with E-state index in [1.165, 1.54) is 55.3 Å². The first kappa shape index (κ1) is 21.3. The van der Waals surface area contributed by atoms with Crippen LogP contribution in [0.2, 0.25) is 0 Å². The molecular weight excluding hydrogens is 454 g/mol. The van der Waals surface area contributed by atoms with Crippen LogP contribution in [0.3, 0.4) is 0 Å². The molecule has 4 aliphatic rings. The van der Waals surface area contributed by atoms with Crippen LogP contribution in [0.15, 0.2) is 84.9 Å². The number of amides is 1. The second-order valence-corrected chi connectivity index (χ2v) is 11.0. The van der Waals surface area contributed by atoms with Gasteiger partial charge in [0.1, 0.15) is 6.61 Å². The Morgan fingerprint density at radius 2 is 1.51 bits per heavy atom. The van der Waals surface area contributed by atoms with E-state index in [1.807, 2.05) is 4.90 Å². The minimum absolute atomic E-state index is 0.0958. The molecule has 2 aliphatic heterocycles. The normalized spacial score (nSPS) is 21.2. The molecule has 0 N–H and O–H groups in total. The van der Waals surface area contributed by atoms with Crippen LogP contribution in [0.4, 0.5) is 4.79 Å². The predicted octanol–water partition coefficient (Wildman–Crippen LogP) is 7.51. The molecule has 2 aliphatic carbocycles. The average Bonchev–Trinajstić information content (AvgIpc) is 3.58. The van der Waals surface area contributed by atoms with Crippen molar-refractivity contribution in [3.8, 4) is 11.1 Å². The number of aryl methyl sites for hydroxylation is 2. The summed E-state index contributed by atoms with van der Waals surface area (Å²) in [6.07, 6.45) is 7.44. The molecule has 3 heteroatoms. The monoisotopic (exact) mass is 483 g/mol. The van der Waals surface area contributed by atoms with E-state index in [2.05, 4.69) is 84.9 Å². The van der Waals surface area contributed by atoms with Gasteiger partial charge in [-0.1, -0.05) is 84.9 Å². The Labute approximate surface area is 217 Å².